The highest BCUT2D eigenvalue weighted by atomic mass is 32.1. The van der Waals surface area contributed by atoms with Crippen molar-refractivity contribution in [3.05, 3.63) is 0 Å². The quantitative estimate of drug-likeness (QED) is 0.173. The zero-order chi connectivity index (χ0) is 18.6. The fourth-order valence-corrected chi connectivity index (χ4v) is 2.43. The molecule has 0 radical (unpaired) electrons. The Morgan fingerprint density at radius 2 is 0.840 bits per heavy atom. The van der Waals surface area contributed by atoms with E-state index in [2.05, 4.69) is 45.7 Å². The van der Waals surface area contributed by atoms with E-state index in [1.807, 2.05) is 0 Å². The Kier molecular flexibility index (Phi) is 19.1. The molecule has 0 heterocycles. The molecule has 0 aliphatic carbocycles. The van der Waals surface area contributed by atoms with Crippen LogP contribution in [0.25, 0.3) is 0 Å². The first kappa shape index (κ1) is 24.3. The zero-order valence-electron chi connectivity index (χ0n) is 16.0. The molecule has 0 saturated carbocycles. The maximum absolute atomic E-state index is 5.17. The smallest absolute Gasteiger partial charge is 0.166 e. The summed E-state index contributed by atoms with van der Waals surface area (Å²) >= 11 is 10.3. The molecule has 148 valence electrons. The van der Waals surface area contributed by atoms with E-state index in [1.165, 1.54) is 0 Å². The maximum atomic E-state index is 5.17. The van der Waals surface area contributed by atoms with Crippen molar-refractivity contribution in [1.82, 2.24) is 31.9 Å². The molecule has 0 amide bonds. The van der Waals surface area contributed by atoms with Crippen LogP contribution in [-0.4, -0.2) is 62.6 Å². The second-order valence-corrected chi connectivity index (χ2v) is 6.74. The van der Waals surface area contributed by atoms with Crippen LogP contribution in [0.4, 0.5) is 0 Å². The molecule has 0 unspecified atom stereocenters. The van der Waals surface area contributed by atoms with Gasteiger partial charge in [-0.25, -0.2) is 0 Å². The number of hydrogen-bond donors (Lipinski definition) is 6. The fraction of sp³-hybridized carbons (Fsp3) is 0.882. The van der Waals surface area contributed by atoms with Crippen molar-refractivity contribution in [2.75, 3.05) is 52.4 Å². The first-order chi connectivity index (χ1) is 12.2. The first-order valence-electron chi connectivity index (χ1n) is 9.65. The van der Waals surface area contributed by atoms with Gasteiger partial charge in [0.15, 0.2) is 10.2 Å². The highest BCUT2D eigenvalue weighted by Crippen LogP contribution is 1.80. The van der Waals surface area contributed by atoms with E-state index >= 15 is 0 Å². The van der Waals surface area contributed by atoms with Crippen LogP contribution in [-0.2, 0) is 0 Å². The second-order valence-electron chi connectivity index (χ2n) is 5.93. The largest absolute Gasteiger partial charge is 0.363 e. The van der Waals surface area contributed by atoms with Crippen LogP contribution >= 0.6 is 24.4 Å². The van der Waals surface area contributed by atoms with Gasteiger partial charge in [-0.15, -0.1) is 0 Å². The zero-order valence-corrected chi connectivity index (χ0v) is 17.6. The second kappa shape index (κ2) is 19.6. The molecule has 0 saturated heterocycles. The van der Waals surface area contributed by atoms with Crippen molar-refractivity contribution < 1.29 is 0 Å². The van der Waals surface area contributed by atoms with Gasteiger partial charge in [0.25, 0.3) is 0 Å². The standard InChI is InChI=1S/C17H38N6S2/c1-3-8-20-16(24)22-14-6-12-18-10-5-11-19-13-7-15-23-17(25)21-9-4-2/h18-19H,3-15H2,1-2H3,(H2,20,22,24)(H2,21,23,25). The molecule has 0 aromatic heterocycles. The molecular weight excluding hydrogens is 352 g/mol. The van der Waals surface area contributed by atoms with Crippen LogP contribution in [0.1, 0.15) is 46.0 Å². The summed E-state index contributed by atoms with van der Waals surface area (Å²) < 4.78 is 0. The molecule has 0 aromatic rings. The van der Waals surface area contributed by atoms with Crippen molar-refractivity contribution in [3.63, 3.8) is 0 Å². The van der Waals surface area contributed by atoms with Crippen LogP contribution in [0, 0.1) is 0 Å². The van der Waals surface area contributed by atoms with Crippen molar-refractivity contribution in [1.29, 1.82) is 0 Å². The third-order valence-electron chi connectivity index (χ3n) is 3.41. The molecule has 0 spiro atoms. The van der Waals surface area contributed by atoms with Crippen molar-refractivity contribution >= 4 is 34.7 Å². The van der Waals surface area contributed by atoms with Crippen LogP contribution < -0.4 is 31.9 Å². The molecule has 6 N–H and O–H groups in total. The average molecular weight is 391 g/mol. The summed E-state index contributed by atoms with van der Waals surface area (Å²) in [5.41, 5.74) is 0. The Bertz CT molecular complexity index is 298. The van der Waals surface area contributed by atoms with E-state index in [0.717, 1.165) is 94.7 Å². The lowest BCUT2D eigenvalue weighted by molar-refractivity contribution is 0.571. The third kappa shape index (κ3) is 19.5. The van der Waals surface area contributed by atoms with Gasteiger partial charge in [-0.05, 0) is 82.7 Å². The van der Waals surface area contributed by atoms with E-state index < -0.39 is 0 Å². The molecule has 0 aliphatic rings. The molecule has 0 aromatic carbocycles. The van der Waals surface area contributed by atoms with Crippen molar-refractivity contribution in [3.8, 4) is 0 Å². The number of hydrogen-bond acceptors (Lipinski definition) is 4. The summed E-state index contributed by atoms with van der Waals surface area (Å²) in [4.78, 5) is 0. The fourth-order valence-electron chi connectivity index (χ4n) is 2.02. The predicted molar refractivity (Wildman–Crippen MR) is 117 cm³/mol. The third-order valence-corrected chi connectivity index (χ3v) is 3.99. The SMILES string of the molecule is CCCNC(=S)NCCCNCCCNCCCNC(=S)NCCC. The Hall–Kier alpha value is -0.700. The van der Waals surface area contributed by atoms with Gasteiger partial charge in [0, 0.05) is 26.2 Å². The summed E-state index contributed by atoms with van der Waals surface area (Å²) in [6, 6.07) is 0. The normalized spacial score (nSPS) is 10.3. The lowest BCUT2D eigenvalue weighted by Gasteiger charge is -2.10. The molecule has 0 fully saturated rings. The highest BCUT2D eigenvalue weighted by Gasteiger charge is 1.95. The summed E-state index contributed by atoms with van der Waals surface area (Å²) in [6.45, 7) is 12.1. The molecule has 6 nitrogen and oxygen atoms in total. The van der Waals surface area contributed by atoms with Crippen molar-refractivity contribution in [2.24, 2.45) is 0 Å². The lowest BCUT2D eigenvalue weighted by Crippen LogP contribution is -2.37. The summed E-state index contributed by atoms with van der Waals surface area (Å²) in [5, 5.41) is 21.2. The van der Waals surface area contributed by atoms with E-state index in [4.69, 9.17) is 24.4 Å². The van der Waals surface area contributed by atoms with Gasteiger partial charge in [-0.3, -0.25) is 0 Å². The number of nitrogens with one attached hydrogen (secondary N) is 6. The van der Waals surface area contributed by atoms with Crippen LogP contribution in [0.3, 0.4) is 0 Å². The molecule has 0 rings (SSSR count). The van der Waals surface area contributed by atoms with Gasteiger partial charge in [0.1, 0.15) is 0 Å². The molecule has 0 aliphatic heterocycles. The molecule has 0 bridgehead atoms. The minimum Gasteiger partial charge on any atom is -0.363 e. The van der Waals surface area contributed by atoms with Crippen LogP contribution in [0.2, 0.25) is 0 Å². The van der Waals surface area contributed by atoms with Gasteiger partial charge < -0.3 is 31.9 Å². The van der Waals surface area contributed by atoms with Crippen molar-refractivity contribution in [2.45, 2.75) is 46.0 Å². The number of thiocarbonyl (C=S) groups is 2. The minimum absolute atomic E-state index is 0.766. The predicted octanol–water partition coefficient (Wildman–Crippen LogP) is 1.08. The lowest BCUT2D eigenvalue weighted by atomic mass is 10.3. The Morgan fingerprint density at radius 1 is 0.520 bits per heavy atom. The van der Waals surface area contributed by atoms with Crippen LogP contribution in [0.15, 0.2) is 0 Å². The Balaban J connectivity index is 3.14. The van der Waals surface area contributed by atoms with Gasteiger partial charge >= 0.3 is 0 Å². The van der Waals surface area contributed by atoms with E-state index in [1.54, 1.807) is 0 Å². The van der Waals surface area contributed by atoms with Gasteiger partial charge in [0.2, 0.25) is 0 Å². The summed E-state index contributed by atoms with van der Waals surface area (Å²) in [5.74, 6) is 0. The summed E-state index contributed by atoms with van der Waals surface area (Å²) in [7, 11) is 0. The summed E-state index contributed by atoms with van der Waals surface area (Å²) in [6.07, 6.45) is 5.50. The molecular formula is C17H38N6S2. The topological polar surface area (TPSA) is 72.2 Å². The monoisotopic (exact) mass is 390 g/mol. The molecule has 25 heavy (non-hydrogen) atoms. The minimum atomic E-state index is 0.766. The first-order valence-corrected chi connectivity index (χ1v) is 10.5. The van der Waals surface area contributed by atoms with Gasteiger partial charge in [0.05, 0.1) is 0 Å². The van der Waals surface area contributed by atoms with Crippen LogP contribution in [0.5, 0.6) is 0 Å². The maximum Gasteiger partial charge on any atom is 0.166 e. The molecule has 0 atom stereocenters. The Morgan fingerprint density at radius 3 is 1.20 bits per heavy atom. The van der Waals surface area contributed by atoms with E-state index in [-0.39, 0.29) is 0 Å². The Labute approximate surface area is 165 Å². The average Bonchev–Trinajstić information content (AvgIpc) is 2.61. The highest BCUT2D eigenvalue weighted by molar-refractivity contribution is 7.80. The van der Waals surface area contributed by atoms with E-state index in [0.29, 0.717) is 0 Å². The number of rotatable bonds is 16. The van der Waals surface area contributed by atoms with Gasteiger partial charge in [-0.1, -0.05) is 13.8 Å². The molecule has 8 heteroatoms. The van der Waals surface area contributed by atoms with E-state index in [9.17, 15) is 0 Å². The van der Waals surface area contributed by atoms with Gasteiger partial charge in [-0.2, -0.15) is 0 Å².